The first-order chi connectivity index (χ1) is 36.9. The topological polar surface area (TPSA) is 195 Å². The van der Waals surface area contributed by atoms with E-state index in [4.69, 9.17) is 9.47 Å². The van der Waals surface area contributed by atoms with Gasteiger partial charge in [-0.3, -0.25) is 24.7 Å². The van der Waals surface area contributed by atoms with Crippen LogP contribution in [0.5, 0.6) is 17.2 Å². The van der Waals surface area contributed by atoms with Crippen LogP contribution >= 0.6 is 0 Å². The van der Waals surface area contributed by atoms with Gasteiger partial charge in [0.1, 0.15) is 28.6 Å². The Hall–Kier alpha value is -6.67. The number of aromatic nitrogens is 2. The number of sulfonamides is 1. The Kier molecular flexibility index (Phi) is 15.3. The van der Waals surface area contributed by atoms with Gasteiger partial charge in [0.05, 0.1) is 39.9 Å². The van der Waals surface area contributed by atoms with E-state index in [-0.39, 0.29) is 45.7 Å². The molecule has 19 heteroatoms. The molecule has 1 amide bonds. The molecule has 77 heavy (non-hydrogen) atoms. The number of aromatic amines is 1. The molecule has 1 atom stereocenters. The third-order valence-electron chi connectivity index (χ3n) is 16.7. The van der Waals surface area contributed by atoms with Crippen molar-refractivity contribution in [3.8, 4) is 17.2 Å². The van der Waals surface area contributed by atoms with Gasteiger partial charge in [-0.15, -0.1) is 0 Å². The summed E-state index contributed by atoms with van der Waals surface area (Å²) in [5, 5.41) is 26.5. The normalized spacial score (nSPS) is 21.3. The van der Waals surface area contributed by atoms with Crippen molar-refractivity contribution >= 4 is 44.0 Å². The number of aliphatic hydroxyl groups is 1. The second kappa shape index (κ2) is 22.0. The monoisotopic (exact) mass is 1070 g/mol. The first kappa shape index (κ1) is 53.7. The molecule has 408 valence electrons. The van der Waals surface area contributed by atoms with Gasteiger partial charge in [-0.25, -0.2) is 26.9 Å². The lowest BCUT2D eigenvalue weighted by Gasteiger charge is -2.58. The molecule has 0 bridgehead atoms. The summed E-state index contributed by atoms with van der Waals surface area (Å²) in [7, 11) is -3.18. The Morgan fingerprint density at radius 3 is 2.43 bits per heavy atom. The van der Waals surface area contributed by atoms with Crippen LogP contribution in [0, 0.1) is 21.4 Å². The number of piperazine rings is 1. The molecule has 2 aromatic heterocycles. The van der Waals surface area contributed by atoms with Crippen LogP contribution in [-0.4, -0.2) is 102 Å². The van der Waals surface area contributed by atoms with E-state index in [0.29, 0.717) is 49.3 Å². The van der Waals surface area contributed by atoms with Crippen molar-refractivity contribution in [2.24, 2.45) is 11.3 Å². The Bertz CT molecular complexity index is 3240. The molecule has 0 unspecified atom stereocenters. The molecule has 2 aliphatic carbocycles. The lowest BCUT2D eigenvalue weighted by Crippen LogP contribution is -2.60. The van der Waals surface area contributed by atoms with Crippen LogP contribution in [0.4, 0.5) is 25.8 Å². The largest absolute Gasteiger partial charge is 0.496 e. The fraction of sp³-hybridized carbons (Fsp3) is 0.448. The summed E-state index contributed by atoms with van der Waals surface area (Å²) < 4.78 is 69.0. The Balaban J connectivity index is 0.830. The smallest absolute Gasteiger partial charge is 0.293 e. The van der Waals surface area contributed by atoms with E-state index in [1.165, 1.54) is 42.6 Å². The van der Waals surface area contributed by atoms with Crippen molar-refractivity contribution in [1.29, 1.82) is 0 Å². The van der Waals surface area contributed by atoms with Gasteiger partial charge >= 0.3 is 0 Å². The number of nitro groups is 1. The van der Waals surface area contributed by atoms with Crippen LogP contribution in [0.2, 0.25) is 0 Å². The van der Waals surface area contributed by atoms with Gasteiger partial charge in [0.15, 0.2) is 0 Å². The highest BCUT2D eigenvalue weighted by atomic mass is 32.2. The Labute approximate surface area is 448 Å². The molecular formula is C58H68F2N8O8S. The second-order valence-corrected chi connectivity index (χ2v) is 23.9. The fourth-order valence-corrected chi connectivity index (χ4v) is 13.2. The maximum Gasteiger partial charge on any atom is 0.293 e. The number of hydrogen-bond acceptors (Lipinski definition) is 13. The molecule has 16 nitrogen and oxygen atoms in total. The third-order valence-corrected chi connectivity index (χ3v) is 18.0. The van der Waals surface area contributed by atoms with E-state index < -0.39 is 43.5 Å². The number of rotatable bonds is 17. The second-order valence-electron chi connectivity index (χ2n) is 22.3. The van der Waals surface area contributed by atoms with Crippen molar-refractivity contribution < 1.29 is 41.5 Å². The van der Waals surface area contributed by atoms with E-state index in [0.717, 1.165) is 94.0 Å². The van der Waals surface area contributed by atoms with Gasteiger partial charge in [-0.05, 0) is 141 Å². The molecule has 1 spiro atoms. The van der Waals surface area contributed by atoms with Gasteiger partial charge in [-0.2, -0.15) is 0 Å². The maximum atomic E-state index is 14.1. The van der Waals surface area contributed by atoms with Crippen LogP contribution in [0.3, 0.4) is 0 Å². The predicted octanol–water partition coefficient (Wildman–Crippen LogP) is 11.1. The molecule has 6 aromatic rings. The fourth-order valence-electron chi connectivity index (χ4n) is 12.2. The average Bonchev–Trinajstić information content (AvgIpc) is 3.88. The van der Waals surface area contributed by atoms with E-state index in [9.17, 15) is 37.2 Å². The summed E-state index contributed by atoms with van der Waals surface area (Å²) >= 11 is 0. The highest BCUT2D eigenvalue weighted by Crippen LogP contribution is 2.53. The Morgan fingerprint density at radius 1 is 0.935 bits per heavy atom. The standard InChI is InChI=1S/C58H68F2N8O8S/c1-37(2)45-7-5-6-8-46(45)51-36-65(35-39-9-12-47(54(59)60)52(27-39)75-4)25-26-67(51)42-31-58(32-42)20-23-66(24-21-58)41-10-13-48(53(29-41)76-43-28-40-17-22-61-55(40)63-34-43)56(69)64-77(73,74)44-11-14-49(50(30-44)68(71)72)62-33-38-15-18-57(3,70)19-16-38/h5-14,17,22,27-30,34,37-38,42,51,54,62,70H,15-16,18-21,23-26,31-33,35-36H2,1-4H3,(H,61,63)(H,64,69)/t38-,51-,57-/m0/s1. The van der Waals surface area contributed by atoms with E-state index in [2.05, 4.69) is 72.8 Å². The molecular weight excluding hydrogens is 1010 g/mol. The van der Waals surface area contributed by atoms with Crippen LogP contribution in [0.25, 0.3) is 11.0 Å². The summed E-state index contributed by atoms with van der Waals surface area (Å²) in [6, 6.07) is 26.5. The summed E-state index contributed by atoms with van der Waals surface area (Å²) in [6.07, 6.45) is 7.46. The van der Waals surface area contributed by atoms with Crippen molar-refractivity contribution in [2.45, 2.75) is 114 Å². The molecule has 4 aromatic carbocycles. The molecule has 2 aliphatic heterocycles. The number of alkyl halides is 2. The number of benzene rings is 4. The number of nitro benzene ring substituents is 1. The molecule has 4 N–H and O–H groups in total. The van der Waals surface area contributed by atoms with Crippen molar-refractivity contribution in [2.75, 3.05) is 56.6 Å². The Morgan fingerprint density at radius 2 is 1.70 bits per heavy atom. The molecule has 4 aliphatic rings. The van der Waals surface area contributed by atoms with Crippen molar-refractivity contribution in [3.63, 3.8) is 0 Å². The van der Waals surface area contributed by atoms with Crippen molar-refractivity contribution in [1.82, 2.24) is 24.5 Å². The van der Waals surface area contributed by atoms with Crippen LogP contribution < -0.4 is 24.4 Å². The summed E-state index contributed by atoms with van der Waals surface area (Å²) in [5.41, 5.74) is 4.04. The highest BCUT2D eigenvalue weighted by molar-refractivity contribution is 7.90. The third kappa shape index (κ3) is 11.8. The van der Waals surface area contributed by atoms with Gasteiger partial charge in [0, 0.05) is 87.3 Å². The number of anilines is 2. The quantitative estimate of drug-likeness (QED) is 0.0498. The average molecular weight is 1080 g/mol. The maximum absolute atomic E-state index is 14.1. The molecule has 2 saturated carbocycles. The number of carbonyl (C=O) groups excluding carboxylic acids is 1. The van der Waals surface area contributed by atoms with Crippen LogP contribution in [0.1, 0.15) is 123 Å². The summed E-state index contributed by atoms with van der Waals surface area (Å²) in [6.45, 7) is 11.4. The predicted molar refractivity (Wildman–Crippen MR) is 292 cm³/mol. The zero-order valence-corrected chi connectivity index (χ0v) is 44.8. The minimum absolute atomic E-state index is 0.0564. The zero-order valence-electron chi connectivity index (χ0n) is 44.0. The summed E-state index contributed by atoms with van der Waals surface area (Å²) in [4.78, 5) is 40.2. The minimum atomic E-state index is -4.61. The first-order valence-corrected chi connectivity index (χ1v) is 28.2. The van der Waals surface area contributed by atoms with Gasteiger partial charge in [0.25, 0.3) is 28.0 Å². The van der Waals surface area contributed by atoms with Crippen molar-refractivity contribution in [3.05, 3.63) is 141 Å². The molecule has 2 saturated heterocycles. The van der Waals surface area contributed by atoms with Gasteiger partial charge < -0.3 is 29.8 Å². The number of pyridine rings is 1. The number of methoxy groups -OCH3 is 1. The molecule has 4 heterocycles. The number of fused-ring (bicyclic) bond motifs is 1. The minimum Gasteiger partial charge on any atom is -0.496 e. The lowest BCUT2D eigenvalue weighted by atomic mass is 9.59. The van der Waals surface area contributed by atoms with Gasteiger partial charge in [0.2, 0.25) is 0 Å². The van der Waals surface area contributed by atoms with Crippen LogP contribution in [-0.2, 0) is 16.6 Å². The number of ether oxygens (including phenoxy) is 2. The first-order valence-electron chi connectivity index (χ1n) is 26.7. The molecule has 0 radical (unpaired) electrons. The number of hydrogen-bond donors (Lipinski definition) is 4. The summed E-state index contributed by atoms with van der Waals surface area (Å²) in [5.74, 6) is 0.205. The number of amides is 1. The number of nitrogens with zero attached hydrogens (tertiary/aromatic N) is 5. The SMILES string of the molecule is COc1cc(CN2CCN(C3CC4(CCN(c5ccc(C(=O)NS(=O)(=O)c6ccc(NC[C@H]7CC[C@](C)(O)CC7)c([N+](=O)[O-])c6)c(Oc6cnc7[nH]ccc7c6)c5)CC4)C3)[C@H](c3ccccc3C(C)C)C2)ccc1C(F)F. The number of H-pyrrole nitrogens is 1. The van der Waals surface area contributed by atoms with Gasteiger partial charge in [-0.1, -0.05) is 44.2 Å². The zero-order chi connectivity index (χ0) is 54.2. The lowest BCUT2D eigenvalue weighted by molar-refractivity contribution is -0.384. The van der Waals surface area contributed by atoms with Crippen LogP contribution in [0.15, 0.2) is 108 Å². The number of halogens is 2. The molecule has 10 rings (SSSR count). The number of carbonyl (C=O) groups is 1. The molecule has 4 fully saturated rings. The van der Waals surface area contributed by atoms with E-state index in [1.807, 2.05) is 6.07 Å². The van der Waals surface area contributed by atoms with E-state index in [1.54, 1.807) is 49.5 Å². The highest BCUT2D eigenvalue weighted by Gasteiger charge is 2.50. The van der Waals surface area contributed by atoms with E-state index >= 15 is 0 Å². The number of nitrogens with one attached hydrogen (secondary N) is 3. The number of piperidine rings is 1.